The van der Waals surface area contributed by atoms with Gasteiger partial charge in [0.05, 0.1) is 11.3 Å². The third-order valence-electron chi connectivity index (χ3n) is 2.89. The Balaban J connectivity index is 2.47. The molecule has 0 aliphatic heterocycles. The van der Waals surface area contributed by atoms with E-state index in [1.54, 1.807) is 0 Å². The van der Waals surface area contributed by atoms with Crippen LogP contribution in [-0.4, -0.2) is 38.0 Å². The van der Waals surface area contributed by atoms with Crippen molar-refractivity contribution in [2.24, 2.45) is 5.84 Å². The molecule has 5 heteroatoms. The number of hydrazine groups is 1. The maximum atomic E-state index is 12.1. The number of nitrogens with zero attached hydrogens (tertiary/aromatic N) is 1. The first-order valence-electron chi connectivity index (χ1n) is 6.55. The van der Waals surface area contributed by atoms with E-state index in [0.29, 0.717) is 17.8 Å². The van der Waals surface area contributed by atoms with Crippen LogP contribution in [-0.2, 0) is 0 Å². The Morgan fingerprint density at radius 1 is 1.32 bits per heavy atom. The number of benzene rings is 1. The lowest BCUT2D eigenvalue weighted by Crippen LogP contribution is -2.27. The molecule has 0 aliphatic rings. The van der Waals surface area contributed by atoms with Crippen LogP contribution in [0.2, 0.25) is 0 Å². The van der Waals surface area contributed by atoms with E-state index in [4.69, 9.17) is 5.84 Å². The van der Waals surface area contributed by atoms with Gasteiger partial charge in [0, 0.05) is 6.54 Å². The van der Waals surface area contributed by atoms with Crippen LogP contribution in [0.25, 0.3) is 0 Å². The second-order valence-corrected chi connectivity index (χ2v) is 4.96. The number of carbonyl (C=O) groups is 1. The molecule has 0 saturated carbocycles. The SMILES string of the molecule is Cc1ccc(NN)c(C(=O)NCCCCN(C)C)c1. The van der Waals surface area contributed by atoms with E-state index in [1.165, 1.54) is 0 Å². The van der Waals surface area contributed by atoms with Crippen molar-refractivity contribution in [1.82, 2.24) is 10.2 Å². The zero-order chi connectivity index (χ0) is 14.3. The van der Waals surface area contributed by atoms with Crippen LogP contribution >= 0.6 is 0 Å². The minimum Gasteiger partial charge on any atom is -0.352 e. The highest BCUT2D eigenvalue weighted by molar-refractivity contribution is 5.99. The minimum atomic E-state index is -0.0819. The van der Waals surface area contributed by atoms with Gasteiger partial charge >= 0.3 is 0 Å². The molecule has 1 aromatic rings. The normalized spacial score (nSPS) is 10.6. The lowest BCUT2D eigenvalue weighted by molar-refractivity contribution is 0.0953. The Morgan fingerprint density at radius 2 is 2.05 bits per heavy atom. The largest absolute Gasteiger partial charge is 0.352 e. The quantitative estimate of drug-likeness (QED) is 0.395. The van der Waals surface area contributed by atoms with Crippen molar-refractivity contribution < 1.29 is 4.79 Å². The van der Waals surface area contributed by atoms with Crippen molar-refractivity contribution >= 4 is 11.6 Å². The molecule has 0 unspecified atom stereocenters. The molecule has 0 aromatic heterocycles. The van der Waals surface area contributed by atoms with E-state index < -0.39 is 0 Å². The Labute approximate surface area is 115 Å². The number of unbranched alkanes of at least 4 members (excludes halogenated alkanes) is 1. The molecule has 0 saturated heterocycles. The van der Waals surface area contributed by atoms with Crippen LogP contribution in [0.4, 0.5) is 5.69 Å². The summed E-state index contributed by atoms with van der Waals surface area (Å²) in [5.41, 5.74) is 4.83. The fourth-order valence-corrected chi connectivity index (χ4v) is 1.82. The van der Waals surface area contributed by atoms with Crippen molar-refractivity contribution in [3.63, 3.8) is 0 Å². The maximum absolute atomic E-state index is 12.1. The van der Waals surface area contributed by atoms with Gasteiger partial charge in [-0.05, 0) is 52.5 Å². The van der Waals surface area contributed by atoms with Crippen LogP contribution in [0, 0.1) is 6.92 Å². The van der Waals surface area contributed by atoms with E-state index in [0.717, 1.165) is 24.9 Å². The second-order valence-electron chi connectivity index (χ2n) is 4.96. The Kier molecular flexibility index (Phi) is 6.32. The number of nitrogens with two attached hydrogens (primary N) is 1. The van der Waals surface area contributed by atoms with E-state index in [1.807, 2.05) is 39.2 Å². The fraction of sp³-hybridized carbons (Fsp3) is 0.500. The molecule has 0 bridgehead atoms. The first-order chi connectivity index (χ1) is 9.04. The number of nitrogen functional groups attached to an aromatic ring is 1. The maximum Gasteiger partial charge on any atom is 0.253 e. The molecule has 1 amide bonds. The molecule has 4 N–H and O–H groups in total. The van der Waals surface area contributed by atoms with Gasteiger partial charge in [-0.15, -0.1) is 0 Å². The highest BCUT2D eigenvalue weighted by Crippen LogP contribution is 2.16. The number of anilines is 1. The number of amides is 1. The van der Waals surface area contributed by atoms with Crippen molar-refractivity contribution in [3.05, 3.63) is 29.3 Å². The number of rotatable bonds is 7. The summed E-state index contributed by atoms with van der Waals surface area (Å²) >= 11 is 0. The molecule has 5 nitrogen and oxygen atoms in total. The first-order valence-corrected chi connectivity index (χ1v) is 6.55. The number of aryl methyl sites for hydroxylation is 1. The lowest BCUT2D eigenvalue weighted by atomic mass is 10.1. The molecule has 19 heavy (non-hydrogen) atoms. The van der Waals surface area contributed by atoms with Gasteiger partial charge in [0.25, 0.3) is 5.91 Å². The van der Waals surface area contributed by atoms with Gasteiger partial charge in [-0.3, -0.25) is 10.6 Å². The predicted octanol–water partition coefficient (Wildman–Crippen LogP) is 1.35. The summed E-state index contributed by atoms with van der Waals surface area (Å²) < 4.78 is 0. The molecule has 0 heterocycles. The van der Waals surface area contributed by atoms with Crippen LogP contribution in [0.5, 0.6) is 0 Å². The summed E-state index contributed by atoms with van der Waals surface area (Å²) in [6, 6.07) is 5.57. The standard InChI is InChI=1S/C14H24N4O/c1-11-6-7-13(17-15)12(10-11)14(19)16-8-4-5-9-18(2)3/h6-7,10,17H,4-5,8-9,15H2,1-3H3,(H,16,19). The van der Waals surface area contributed by atoms with Gasteiger partial charge in [-0.2, -0.15) is 0 Å². The molecular weight excluding hydrogens is 240 g/mol. The summed E-state index contributed by atoms with van der Waals surface area (Å²) in [6.07, 6.45) is 2.05. The molecule has 1 aromatic carbocycles. The molecule has 0 spiro atoms. The highest BCUT2D eigenvalue weighted by Gasteiger charge is 2.10. The highest BCUT2D eigenvalue weighted by atomic mass is 16.1. The van der Waals surface area contributed by atoms with Crippen molar-refractivity contribution in [3.8, 4) is 0 Å². The van der Waals surface area contributed by atoms with E-state index in [2.05, 4.69) is 15.6 Å². The molecular formula is C14H24N4O. The summed E-state index contributed by atoms with van der Waals surface area (Å²) in [7, 11) is 4.09. The van der Waals surface area contributed by atoms with Crippen molar-refractivity contribution in [2.45, 2.75) is 19.8 Å². The topological polar surface area (TPSA) is 70.4 Å². The third-order valence-corrected chi connectivity index (χ3v) is 2.89. The average Bonchev–Trinajstić information content (AvgIpc) is 2.37. The number of carbonyl (C=O) groups excluding carboxylic acids is 1. The fourth-order valence-electron chi connectivity index (χ4n) is 1.82. The van der Waals surface area contributed by atoms with Crippen LogP contribution < -0.4 is 16.6 Å². The molecule has 0 radical (unpaired) electrons. The lowest BCUT2D eigenvalue weighted by Gasteiger charge is -2.11. The predicted molar refractivity (Wildman–Crippen MR) is 79.1 cm³/mol. The van der Waals surface area contributed by atoms with Crippen molar-refractivity contribution in [2.75, 3.05) is 32.6 Å². The Morgan fingerprint density at radius 3 is 2.68 bits per heavy atom. The summed E-state index contributed by atoms with van der Waals surface area (Å²) in [5.74, 6) is 5.33. The zero-order valence-electron chi connectivity index (χ0n) is 12.0. The summed E-state index contributed by atoms with van der Waals surface area (Å²) in [6.45, 7) is 3.68. The first kappa shape index (κ1) is 15.5. The molecule has 1 rings (SSSR count). The zero-order valence-corrected chi connectivity index (χ0v) is 12.0. The summed E-state index contributed by atoms with van der Waals surface area (Å²) in [5, 5.41) is 2.92. The Bertz CT molecular complexity index is 418. The number of nitrogens with one attached hydrogen (secondary N) is 2. The van der Waals surface area contributed by atoms with Crippen LogP contribution in [0.3, 0.4) is 0 Å². The second kappa shape index (κ2) is 7.76. The van der Waals surface area contributed by atoms with Crippen LogP contribution in [0.1, 0.15) is 28.8 Å². The van der Waals surface area contributed by atoms with Crippen LogP contribution in [0.15, 0.2) is 18.2 Å². The summed E-state index contributed by atoms with van der Waals surface area (Å²) in [4.78, 5) is 14.2. The Hall–Kier alpha value is -1.59. The molecule has 0 fully saturated rings. The average molecular weight is 264 g/mol. The molecule has 0 aliphatic carbocycles. The van der Waals surface area contributed by atoms with E-state index in [-0.39, 0.29) is 5.91 Å². The van der Waals surface area contributed by atoms with Gasteiger partial charge in [-0.1, -0.05) is 11.6 Å². The van der Waals surface area contributed by atoms with Gasteiger partial charge < -0.3 is 15.6 Å². The molecule has 0 atom stereocenters. The van der Waals surface area contributed by atoms with E-state index >= 15 is 0 Å². The van der Waals surface area contributed by atoms with Gasteiger partial charge in [-0.25, -0.2) is 0 Å². The monoisotopic (exact) mass is 264 g/mol. The van der Waals surface area contributed by atoms with Gasteiger partial charge in [0.1, 0.15) is 0 Å². The van der Waals surface area contributed by atoms with E-state index in [9.17, 15) is 4.79 Å². The molecule has 106 valence electrons. The number of hydrogen-bond donors (Lipinski definition) is 3. The van der Waals surface area contributed by atoms with Crippen molar-refractivity contribution in [1.29, 1.82) is 0 Å². The third kappa shape index (κ3) is 5.28. The van der Waals surface area contributed by atoms with Gasteiger partial charge in [0.15, 0.2) is 0 Å². The smallest absolute Gasteiger partial charge is 0.253 e. The minimum absolute atomic E-state index is 0.0819. The number of hydrogen-bond acceptors (Lipinski definition) is 4. The van der Waals surface area contributed by atoms with Gasteiger partial charge in [0.2, 0.25) is 0 Å².